The minimum absolute atomic E-state index is 0.282. The molecule has 0 amide bonds. The number of hydrogen-bond acceptors (Lipinski definition) is 3. The minimum Gasteiger partial charge on any atom is -0.302 e. The van der Waals surface area contributed by atoms with Gasteiger partial charge in [0, 0.05) is 12.3 Å². The Kier molecular flexibility index (Phi) is 6.60. The molecule has 4 aromatic rings. The molecule has 0 aliphatic heterocycles. The standard InChI is InChI=1S/C24H19F4N3S/c25-21-12-5-4-11-20(21)22-29-30-23(31(22)14-13-17-7-2-1-3-8-17)32-16-18-9-6-10-19(15-18)24(26,27)28/h1-12,15H,13-14,16H2. The summed E-state index contributed by atoms with van der Waals surface area (Å²) >= 11 is 1.28. The van der Waals surface area contributed by atoms with E-state index < -0.39 is 17.6 Å². The van der Waals surface area contributed by atoms with Crippen LogP contribution in [0.25, 0.3) is 11.4 Å². The first-order valence-electron chi connectivity index (χ1n) is 9.93. The van der Waals surface area contributed by atoms with E-state index in [1.807, 2.05) is 34.9 Å². The van der Waals surface area contributed by atoms with Crippen LogP contribution in [0.15, 0.2) is 84.0 Å². The first-order chi connectivity index (χ1) is 15.4. The van der Waals surface area contributed by atoms with Crippen LogP contribution in [-0.4, -0.2) is 14.8 Å². The number of rotatable bonds is 7. The Balaban J connectivity index is 1.61. The summed E-state index contributed by atoms with van der Waals surface area (Å²) in [6.07, 6.45) is -3.72. The van der Waals surface area contributed by atoms with E-state index >= 15 is 0 Å². The Bertz CT molecular complexity index is 1190. The van der Waals surface area contributed by atoms with Gasteiger partial charge in [0.05, 0.1) is 11.1 Å². The molecule has 0 saturated heterocycles. The van der Waals surface area contributed by atoms with Gasteiger partial charge in [-0.25, -0.2) is 4.39 Å². The predicted octanol–water partition coefficient (Wildman–Crippen LogP) is 6.64. The summed E-state index contributed by atoms with van der Waals surface area (Å²) in [6, 6.07) is 21.4. The van der Waals surface area contributed by atoms with E-state index in [9.17, 15) is 17.6 Å². The first-order valence-corrected chi connectivity index (χ1v) is 10.9. The van der Waals surface area contributed by atoms with Crippen molar-refractivity contribution in [1.82, 2.24) is 14.8 Å². The topological polar surface area (TPSA) is 30.7 Å². The van der Waals surface area contributed by atoms with Crippen molar-refractivity contribution in [1.29, 1.82) is 0 Å². The van der Waals surface area contributed by atoms with Gasteiger partial charge in [0.1, 0.15) is 5.82 Å². The molecule has 0 spiro atoms. The van der Waals surface area contributed by atoms with Crippen LogP contribution in [-0.2, 0) is 24.9 Å². The third-order valence-electron chi connectivity index (χ3n) is 4.92. The fraction of sp³-hybridized carbons (Fsp3) is 0.167. The second-order valence-corrected chi connectivity index (χ2v) is 8.10. The van der Waals surface area contributed by atoms with Gasteiger partial charge in [-0.3, -0.25) is 0 Å². The van der Waals surface area contributed by atoms with Crippen LogP contribution in [0, 0.1) is 5.82 Å². The van der Waals surface area contributed by atoms with Crippen molar-refractivity contribution in [3.05, 3.63) is 101 Å². The fourth-order valence-electron chi connectivity index (χ4n) is 3.31. The van der Waals surface area contributed by atoms with Gasteiger partial charge < -0.3 is 4.57 Å². The maximum absolute atomic E-state index is 14.4. The van der Waals surface area contributed by atoms with Crippen LogP contribution in [0.3, 0.4) is 0 Å². The van der Waals surface area contributed by atoms with E-state index in [-0.39, 0.29) is 5.75 Å². The van der Waals surface area contributed by atoms with Crippen molar-refractivity contribution >= 4 is 11.8 Å². The average Bonchev–Trinajstić information content (AvgIpc) is 3.19. The molecule has 3 aromatic carbocycles. The summed E-state index contributed by atoms with van der Waals surface area (Å²) in [4.78, 5) is 0. The predicted molar refractivity (Wildman–Crippen MR) is 117 cm³/mol. The Labute approximate surface area is 187 Å². The number of benzene rings is 3. The highest BCUT2D eigenvalue weighted by atomic mass is 32.2. The Morgan fingerprint density at radius 1 is 0.812 bits per heavy atom. The number of alkyl halides is 3. The fourth-order valence-corrected chi connectivity index (χ4v) is 4.22. The lowest BCUT2D eigenvalue weighted by Crippen LogP contribution is -2.06. The van der Waals surface area contributed by atoms with Gasteiger partial charge in [-0.15, -0.1) is 10.2 Å². The summed E-state index contributed by atoms with van der Waals surface area (Å²) in [5.74, 6) is 0.269. The van der Waals surface area contributed by atoms with E-state index in [4.69, 9.17) is 0 Å². The molecule has 0 radical (unpaired) electrons. The second-order valence-electron chi connectivity index (χ2n) is 7.16. The normalized spacial score (nSPS) is 11.6. The van der Waals surface area contributed by atoms with Gasteiger partial charge in [-0.1, -0.05) is 72.4 Å². The van der Waals surface area contributed by atoms with Gasteiger partial charge >= 0.3 is 6.18 Å². The molecule has 0 unspecified atom stereocenters. The molecular formula is C24H19F4N3S. The summed E-state index contributed by atoms with van der Waals surface area (Å²) < 4.78 is 55.3. The molecule has 1 aromatic heterocycles. The molecule has 0 fully saturated rings. The zero-order valence-corrected chi connectivity index (χ0v) is 17.7. The van der Waals surface area contributed by atoms with Crippen LogP contribution < -0.4 is 0 Å². The third kappa shape index (κ3) is 5.19. The van der Waals surface area contributed by atoms with Crippen LogP contribution in [0.4, 0.5) is 17.6 Å². The lowest BCUT2D eigenvalue weighted by molar-refractivity contribution is -0.137. The number of hydrogen-bond donors (Lipinski definition) is 0. The molecule has 8 heteroatoms. The molecule has 3 nitrogen and oxygen atoms in total. The molecule has 0 saturated carbocycles. The molecule has 0 aliphatic carbocycles. The molecule has 0 N–H and O–H groups in total. The average molecular weight is 457 g/mol. The number of aromatic nitrogens is 3. The van der Waals surface area contributed by atoms with Crippen LogP contribution in [0.5, 0.6) is 0 Å². The quantitative estimate of drug-likeness (QED) is 0.230. The molecule has 164 valence electrons. The lowest BCUT2D eigenvalue weighted by Gasteiger charge is -2.12. The second kappa shape index (κ2) is 9.56. The molecule has 1 heterocycles. The summed E-state index contributed by atoms with van der Waals surface area (Å²) in [7, 11) is 0. The number of thioether (sulfide) groups is 1. The summed E-state index contributed by atoms with van der Waals surface area (Å²) in [6.45, 7) is 0.506. The maximum atomic E-state index is 14.4. The molecule has 0 aliphatic rings. The van der Waals surface area contributed by atoms with Gasteiger partial charge in [-0.2, -0.15) is 13.2 Å². The van der Waals surface area contributed by atoms with E-state index in [1.165, 1.54) is 23.9 Å². The van der Waals surface area contributed by atoms with Crippen molar-refractivity contribution in [3.8, 4) is 11.4 Å². The largest absolute Gasteiger partial charge is 0.416 e. The monoisotopic (exact) mass is 457 g/mol. The molecule has 4 rings (SSSR count). The van der Waals surface area contributed by atoms with E-state index in [1.54, 1.807) is 24.3 Å². The van der Waals surface area contributed by atoms with Crippen molar-refractivity contribution < 1.29 is 17.6 Å². The highest BCUT2D eigenvalue weighted by molar-refractivity contribution is 7.98. The highest BCUT2D eigenvalue weighted by Gasteiger charge is 2.30. The highest BCUT2D eigenvalue weighted by Crippen LogP contribution is 2.32. The molecular weight excluding hydrogens is 438 g/mol. The van der Waals surface area contributed by atoms with Crippen LogP contribution in [0.1, 0.15) is 16.7 Å². The lowest BCUT2D eigenvalue weighted by atomic mass is 10.1. The summed E-state index contributed by atoms with van der Waals surface area (Å²) in [5.41, 5.74) is 1.27. The third-order valence-corrected chi connectivity index (χ3v) is 5.96. The Morgan fingerprint density at radius 3 is 2.28 bits per heavy atom. The van der Waals surface area contributed by atoms with Gasteiger partial charge in [0.15, 0.2) is 11.0 Å². The Morgan fingerprint density at radius 2 is 1.53 bits per heavy atom. The minimum atomic E-state index is -4.39. The van der Waals surface area contributed by atoms with Crippen molar-refractivity contribution in [2.75, 3.05) is 0 Å². The molecule has 32 heavy (non-hydrogen) atoms. The van der Waals surface area contributed by atoms with E-state index in [0.717, 1.165) is 17.7 Å². The van der Waals surface area contributed by atoms with Crippen molar-refractivity contribution in [2.24, 2.45) is 0 Å². The number of halogens is 4. The van der Waals surface area contributed by atoms with Crippen LogP contribution in [0.2, 0.25) is 0 Å². The Hall–Kier alpha value is -3.13. The maximum Gasteiger partial charge on any atom is 0.416 e. The first kappa shape index (κ1) is 22.1. The molecule has 0 atom stereocenters. The van der Waals surface area contributed by atoms with Gasteiger partial charge in [-0.05, 0) is 35.7 Å². The molecule has 0 bridgehead atoms. The smallest absolute Gasteiger partial charge is 0.302 e. The number of aryl methyl sites for hydroxylation is 1. The van der Waals surface area contributed by atoms with Gasteiger partial charge in [0.25, 0.3) is 0 Å². The van der Waals surface area contributed by atoms with E-state index in [2.05, 4.69) is 10.2 Å². The van der Waals surface area contributed by atoms with E-state index in [0.29, 0.717) is 35.1 Å². The number of nitrogens with zero attached hydrogens (tertiary/aromatic N) is 3. The zero-order valence-electron chi connectivity index (χ0n) is 16.9. The van der Waals surface area contributed by atoms with Crippen molar-refractivity contribution in [3.63, 3.8) is 0 Å². The zero-order chi connectivity index (χ0) is 22.6. The van der Waals surface area contributed by atoms with Crippen molar-refractivity contribution in [2.45, 2.75) is 30.1 Å². The van der Waals surface area contributed by atoms with Crippen LogP contribution >= 0.6 is 11.8 Å². The summed E-state index contributed by atoms with van der Waals surface area (Å²) in [5, 5.41) is 8.94. The SMILES string of the molecule is Fc1ccccc1-c1nnc(SCc2cccc(C(F)(F)F)c2)n1CCc1ccccc1. The van der Waals surface area contributed by atoms with Gasteiger partial charge in [0.2, 0.25) is 0 Å².